The molecule has 0 radical (unpaired) electrons. The van der Waals surface area contributed by atoms with Gasteiger partial charge in [0.25, 0.3) is 5.56 Å². The fourth-order valence-electron chi connectivity index (χ4n) is 3.45. The number of ether oxygens (including phenoxy) is 1. The molecule has 0 amide bonds. The van der Waals surface area contributed by atoms with Gasteiger partial charge in [-0.05, 0) is 62.2 Å². The summed E-state index contributed by atoms with van der Waals surface area (Å²) in [6, 6.07) is 14.8. The van der Waals surface area contributed by atoms with Crippen LogP contribution in [0.4, 0.5) is 0 Å². The zero-order chi connectivity index (χ0) is 21.2. The van der Waals surface area contributed by atoms with Gasteiger partial charge in [0.2, 0.25) is 0 Å². The van der Waals surface area contributed by atoms with Crippen LogP contribution in [0.3, 0.4) is 0 Å². The first-order valence-electron chi connectivity index (χ1n) is 10.8. The zero-order valence-electron chi connectivity index (χ0n) is 17.8. The third-order valence-electron chi connectivity index (χ3n) is 4.94. The Labute approximate surface area is 178 Å². The van der Waals surface area contributed by atoms with Crippen molar-refractivity contribution in [1.82, 2.24) is 19.7 Å². The Kier molecular flexibility index (Phi) is 8.15. The van der Waals surface area contributed by atoms with Gasteiger partial charge in [0, 0.05) is 24.4 Å². The second-order valence-corrected chi connectivity index (χ2v) is 6.96. The topological polar surface area (TPSA) is 60.2 Å². The van der Waals surface area contributed by atoms with Gasteiger partial charge in [0.05, 0.1) is 12.8 Å². The maximum absolute atomic E-state index is 12.4. The minimum atomic E-state index is -0.210. The maximum Gasteiger partial charge on any atom is 0.273 e. The predicted molar refractivity (Wildman–Crippen MR) is 120 cm³/mol. The Bertz CT molecular complexity index is 949. The second-order valence-electron chi connectivity index (χ2n) is 6.96. The van der Waals surface area contributed by atoms with E-state index < -0.39 is 0 Å². The number of nitrogens with zero attached hydrogens (tertiary/aromatic N) is 4. The zero-order valence-corrected chi connectivity index (χ0v) is 17.8. The van der Waals surface area contributed by atoms with E-state index in [2.05, 4.69) is 15.0 Å². The predicted octanol–water partition coefficient (Wildman–Crippen LogP) is 4.19. The smallest absolute Gasteiger partial charge is 0.273 e. The van der Waals surface area contributed by atoms with Crippen molar-refractivity contribution >= 4 is 0 Å². The molecular formula is C24H30N4O2. The van der Waals surface area contributed by atoms with Crippen molar-refractivity contribution in [3.8, 4) is 22.7 Å². The number of aromatic nitrogens is 3. The van der Waals surface area contributed by atoms with E-state index in [1.54, 1.807) is 30.6 Å². The first-order valence-corrected chi connectivity index (χ1v) is 10.8. The van der Waals surface area contributed by atoms with Crippen LogP contribution in [-0.4, -0.2) is 45.9 Å². The standard InChI is InChI=1S/C22H24N4O2.C2H6/c27-22-16-19(17-24-26(22)21-6-1-2-11-23-21)18-7-9-20(10-8-18)28-15-5-14-25-12-3-4-13-25;1-2/h1-2,6-11,16-17H,3-5,12-15H2;1-2H3. The largest absolute Gasteiger partial charge is 0.494 e. The van der Waals surface area contributed by atoms with Crippen molar-refractivity contribution in [3.05, 3.63) is 71.3 Å². The van der Waals surface area contributed by atoms with Gasteiger partial charge >= 0.3 is 0 Å². The van der Waals surface area contributed by atoms with E-state index in [-0.39, 0.29) is 5.56 Å². The van der Waals surface area contributed by atoms with E-state index in [0.717, 1.165) is 36.4 Å². The summed E-state index contributed by atoms with van der Waals surface area (Å²) in [6.07, 6.45) is 7.01. The molecule has 1 fully saturated rings. The fourth-order valence-corrected chi connectivity index (χ4v) is 3.45. The number of hydrogen-bond acceptors (Lipinski definition) is 5. The van der Waals surface area contributed by atoms with Crippen molar-refractivity contribution in [2.75, 3.05) is 26.2 Å². The summed E-state index contributed by atoms with van der Waals surface area (Å²) in [5.41, 5.74) is 1.50. The van der Waals surface area contributed by atoms with Gasteiger partial charge in [-0.2, -0.15) is 9.78 Å². The van der Waals surface area contributed by atoms with E-state index in [4.69, 9.17) is 4.74 Å². The first kappa shape index (κ1) is 21.7. The molecule has 1 aliphatic rings. The molecule has 2 aromatic heterocycles. The van der Waals surface area contributed by atoms with Crippen molar-refractivity contribution in [3.63, 3.8) is 0 Å². The summed E-state index contributed by atoms with van der Waals surface area (Å²) in [6.45, 7) is 8.28. The van der Waals surface area contributed by atoms with E-state index in [1.807, 2.05) is 44.2 Å². The normalized spacial score (nSPS) is 13.5. The highest BCUT2D eigenvalue weighted by Crippen LogP contribution is 2.21. The summed E-state index contributed by atoms with van der Waals surface area (Å²) in [4.78, 5) is 19.1. The van der Waals surface area contributed by atoms with E-state index in [1.165, 1.54) is 30.6 Å². The molecule has 0 bridgehead atoms. The molecule has 0 spiro atoms. The highest BCUT2D eigenvalue weighted by molar-refractivity contribution is 5.62. The third kappa shape index (κ3) is 5.76. The maximum atomic E-state index is 12.4. The van der Waals surface area contributed by atoms with Gasteiger partial charge in [-0.25, -0.2) is 4.98 Å². The third-order valence-corrected chi connectivity index (χ3v) is 4.94. The van der Waals surface area contributed by atoms with Crippen LogP contribution in [0.5, 0.6) is 5.75 Å². The van der Waals surface area contributed by atoms with Gasteiger partial charge in [0.15, 0.2) is 5.82 Å². The van der Waals surface area contributed by atoms with Gasteiger partial charge in [-0.15, -0.1) is 0 Å². The van der Waals surface area contributed by atoms with Crippen LogP contribution in [0.25, 0.3) is 16.9 Å². The molecule has 30 heavy (non-hydrogen) atoms. The Morgan fingerprint density at radius 1 is 1.00 bits per heavy atom. The van der Waals surface area contributed by atoms with Crippen LogP contribution >= 0.6 is 0 Å². The molecule has 0 N–H and O–H groups in total. The molecule has 3 aromatic rings. The lowest BCUT2D eigenvalue weighted by Gasteiger charge is -2.14. The number of likely N-dealkylation sites (tertiary alicyclic amines) is 1. The molecule has 1 saturated heterocycles. The van der Waals surface area contributed by atoms with Gasteiger partial charge in [0.1, 0.15) is 5.75 Å². The molecule has 0 unspecified atom stereocenters. The van der Waals surface area contributed by atoms with Crippen LogP contribution in [0.1, 0.15) is 33.1 Å². The van der Waals surface area contributed by atoms with Crippen LogP contribution in [0, 0.1) is 0 Å². The molecule has 3 heterocycles. The average molecular weight is 407 g/mol. The van der Waals surface area contributed by atoms with Gasteiger partial charge in [-0.3, -0.25) is 4.79 Å². The average Bonchev–Trinajstić information content (AvgIpc) is 3.33. The van der Waals surface area contributed by atoms with Crippen LogP contribution in [-0.2, 0) is 0 Å². The monoisotopic (exact) mass is 406 g/mol. The summed E-state index contributed by atoms with van der Waals surface area (Å²) in [7, 11) is 0. The van der Waals surface area contributed by atoms with E-state index in [0.29, 0.717) is 5.82 Å². The summed E-state index contributed by atoms with van der Waals surface area (Å²) in [5, 5.41) is 4.25. The Balaban J connectivity index is 0.00000124. The Morgan fingerprint density at radius 2 is 1.77 bits per heavy atom. The van der Waals surface area contributed by atoms with Gasteiger partial charge < -0.3 is 9.64 Å². The van der Waals surface area contributed by atoms with E-state index in [9.17, 15) is 4.79 Å². The number of benzene rings is 1. The van der Waals surface area contributed by atoms with E-state index >= 15 is 0 Å². The summed E-state index contributed by atoms with van der Waals surface area (Å²) < 4.78 is 7.13. The lowest BCUT2D eigenvalue weighted by Crippen LogP contribution is -2.21. The van der Waals surface area contributed by atoms with Crippen molar-refractivity contribution < 1.29 is 4.74 Å². The molecule has 6 heteroatoms. The van der Waals surface area contributed by atoms with Crippen LogP contribution in [0.2, 0.25) is 0 Å². The number of rotatable bonds is 7. The number of pyridine rings is 1. The minimum absolute atomic E-state index is 0.210. The second kappa shape index (κ2) is 11.3. The Morgan fingerprint density at radius 3 is 2.43 bits per heavy atom. The molecule has 4 rings (SSSR count). The molecular weight excluding hydrogens is 376 g/mol. The van der Waals surface area contributed by atoms with Gasteiger partial charge in [-0.1, -0.05) is 32.0 Å². The molecule has 0 aliphatic carbocycles. The molecule has 1 aliphatic heterocycles. The Hall–Kier alpha value is -2.99. The van der Waals surface area contributed by atoms with Crippen LogP contribution < -0.4 is 10.3 Å². The molecule has 0 atom stereocenters. The minimum Gasteiger partial charge on any atom is -0.494 e. The van der Waals surface area contributed by atoms with Crippen molar-refractivity contribution in [1.29, 1.82) is 0 Å². The highest BCUT2D eigenvalue weighted by atomic mass is 16.5. The van der Waals surface area contributed by atoms with Crippen molar-refractivity contribution in [2.24, 2.45) is 0 Å². The molecule has 6 nitrogen and oxygen atoms in total. The summed E-state index contributed by atoms with van der Waals surface area (Å²) >= 11 is 0. The molecule has 0 saturated carbocycles. The van der Waals surface area contributed by atoms with Crippen molar-refractivity contribution in [2.45, 2.75) is 33.1 Å². The number of hydrogen-bond donors (Lipinski definition) is 0. The first-order chi connectivity index (χ1) is 14.8. The highest BCUT2D eigenvalue weighted by Gasteiger charge is 2.10. The SMILES string of the molecule is CC.O=c1cc(-c2ccc(OCCCN3CCCC3)cc2)cnn1-c1ccccn1. The van der Waals surface area contributed by atoms with Crippen LogP contribution in [0.15, 0.2) is 65.7 Å². The lowest BCUT2D eigenvalue weighted by molar-refractivity contribution is 0.263. The fraction of sp³-hybridized carbons (Fsp3) is 0.375. The summed E-state index contributed by atoms with van der Waals surface area (Å²) in [5.74, 6) is 1.36. The molecule has 1 aromatic carbocycles. The lowest BCUT2D eigenvalue weighted by atomic mass is 10.1. The quantitative estimate of drug-likeness (QED) is 0.551. The molecule has 158 valence electrons.